The molecule has 0 aromatic heterocycles. The number of hydrogen-bond acceptors (Lipinski definition) is 3. The summed E-state index contributed by atoms with van der Waals surface area (Å²) in [5, 5.41) is 0. The molecular formula is C18H28N2O. The molecule has 2 fully saturated rings. The molecule has 1 aromatic carbocycles. The Morgan fingerprint density at radius 1 is 1.00 bits per heavy atom. The van der Waals surface area contributed by atoms with Gasteiger partial charge in [0.05, 0.1) is 12.8 Å². The molecule has 1 aliphatic carbocycles. The second kappa shape index (κ2) is 6.69. The number of ether oxygens (including phenoxy) is 1. The molecule has 1 aromatic rings. The number of para-hydroxylation sites is 2. The van der Waals surface area contributed by atoms with Crippen LogP contribution in [0, 0.1) is 5.92 Å². The lowest BCUT2D eigenvalue weighted by molar-refractivity contribution is 0.105. The highest BCUT2D eigenvalue weighted by Gasteiger charge is 2.30. The van der Waals surface area contributed by atoms with Crippen LogP contribution in [-0.2, 0) is 0 Å². The Hall–Kier alpha value is -1.22. The molecule has 1 aliphatic heterocycles. The fraction of sp³-hybridized carbons (Fsp3) is 0.667. The van der Waals surface area contributed by atoms with Crippen molar-refractivity contribution in [3.63, 3.8) is 0 Å². The van der Waals surface area contributed by atoms with Crippen LogP contribution in [-0.4, -0.2) is 44.2 Å². The maximum absolute atomic E-state index is 5.50. The van der Waals surface area contributed by atoms with Gasteiger partial charge in [0.25, 0.3) is 0 Å². The van der Waals surface area contributed by atoms with Crippen LogP contribution in [0.5, 0.6) is 5.75 Å². The standard InChI is InChI=1S/C18H28N2O/c1-15-7-3-4-8-16(15)19-11-13-20(14-12-19)17-9-5-6-10-18(17)21-2/h5-6,9-10,15-16H,3-4,7-8,11-14H2,1-2H3/t15-,16-/m1/s1. The SMILES string of the molecule is COc1ccccc1N1CCN([C@@H]2CCCC[C@H]2C)CC1. The number of nitrogens with zero attached hydrogens (tertiary/aromatic N) is 2. The summed E-state index contributed by atoms with van der Waals surface area (Å²) in [4.78, 5) is 5.21. The molecule has 2 atom stereocenters. The van der Waals surface area contributed by atoms with Crippen LogP contribution in [0.15, 0.2) is 24.3 Å². The van der Waals surface area contributed by atoms with Crippen molar-refractivity contribution in [3.8, 4) is 5.75 Å². The van der Waals surface area contributed by atoms with Crippen LogP contribution in [0.1, 0.15) is 32.6 Å². The summed E-state index contributed by atoms with van der Waals surface area (Å²) in [6.45, 7) is 7.05. The van der Waals surface area contributed by atoms with Crippen molar-refractivity contribution >= 4 is 5.69 Å². The monoisotopic (exact) mass is 288 g/mol. The van der Waals surface area contributed by atoms with Crippen molar-refractivity contribution in [2.24, 2.45) is 5.92 Å². The Bertz CT molecular complexity index is 454. The third-order valence-corrected chi connectivity index (χ3v) is 5.28. The molecule has 3 nitrogen and oxygen atoms in total. The van der Waals surface area contributed by atoms with Gasteiger partial charge in [0.15, 0.2) is 0 Å². The van der Waals surface area contributed by atoms with E-state index in [2.05, 4.69) is 34.9 Å². The van der Waals surface area contributed by atoms with E-state index in [-0.39, 0.29) is 0 Å². The van der Waals surface area contributed by atoms with Crippen LogP contribution >= 0.6 is 0 Å². The summed E-state index contributed by atoms with van der Waals surface area (Å²) < 4.78 is 5.50. The first-order valence-corrected chi connectivity index (χ1v) is 8.41. The number of piperazine rings is 1. The molecule has 3 heteroatoms. The van der Waals surface area contributed by atoms with Crippen LogP contribution < -0.4 is 9.64 Å². The number of rotatable bonds is 3. The highest BCUT2D eigenvalue weighted by atomic mass is 16.5. The van der Waals surface area contributed by atoms with Gasteiger partial charge in [-0.2, -0.15) is 0 Å². The molecule has 1 saturated carbocycles. The van der Waals surface area contributed by atoms with Gasteiger partial charge in [-0.1, -0.05) is 31.9 Å². The van der Waals surface area contributed by atoms with E-state index in [9.17, 15) is 0 Å². The van der Waals surface area contributed by atoms with Crippen molar-refractivity contribution in [1.82, 2.24) is 4.90 Å². The molecule has 116 valence electrons. The highest BCUT2D eigenvalue weighted by Crippen LogP contribution is 2.31. The van der Waals surface area contributed by atoms with E-state index < -0.39 is 0 Å². The third-order valence-electron chi connectivity index (χ3n) is 5.28. The summed E-state index contributed by atoms with van der Waals surface area (Å²) in [6.07, 6.45) is 5.66. The lowest BCUT2D eigenvalue weighted by Gasteiger charge is -2.44. The highest BCUT2D eigenvalue weighted by molar-refractivity contribution is 5.58. The molecule has 0 amide bonds. The van der Waals surface area contributed by atoms with Gasteiger partial charge in [0.1, 0.15) is 5.75 Å². The number of hydrogen-bond donors (Lipinski definition) is 0. The molecule has 1 saturated heterocycles. The summed E-state index contributed by atoms with van der Waals surface area (Å²) in [6, 6.07) is 9.21. The van der Waals surface area contributed by atoms with Crippen LogP contribution in [0.25, 0.3) is 0 Å². The molecule has 0 radical (unpaired) electrons. The molecule has 0 spiro atoms. The normalized spacial score (nSPS) is 27.6. The average Bonchev–Trinajstić information content (AvgIpc) is 2.55. The minimum atomic E-state index is 0.818. The first kappa shape index (κ1) is 14.7. The Morgan fingerprint density at radius 2 is 1.71 bits per heavy atom. The fourth-order valence-corrected chi connectivity index (χ4v) is 4.02. The minimum absolute atomic E-state index is 0.818. The molecule has 21 heavy (non-hydrogen) atoms. The van der Waals surface area contributed by atoms with Gasteiger partial charge >= 0.3 is 0 Å². The largest absolute Gasteiger partial charge is 0.495 e. The molecule has 1 heterocycles. The van der Waals surface area contributed by atoms with Crippen molar-refractivity contribution in [3.05, 3.63) is 24.3 Å². The second-order valence-corrected chi connectivity index (χ2v) is 6.52. The molecule has 0 unspecified atom stereocenters. The number of benzene rings is 1. The van der Waals surface area contributed by atoms with E-state index in [0.29, 0.717) is 0 Å². The van der Waals surface area contributed by atoms with E-state index in [1.807, 2.05) is 6.07 Å². The number of methoxy groups -OCH3 is 1. The minimum Gasteiger partial charge on any atom is -0.495 e. The van der Waals surface area contributed by atoms with Gasteiger partial charge in [0.2, 0.25) is 0 Å². The summed E-state index contributed by atoms with van der Waals surface area (Å²) in [5.74, 6) is 1.87. The van der Waals surface area contributed by atoms with Gasteiger partial charge in [-0.15, -0.1) is 0 Å². The van der Waals surface area contributed by atoms with Crippen molar-refractivity contribution in [2.75, 3.05) is 38.2 Å². The summed E-state index contributed by atoms with van der Waals surface area (Å²) >= 11 is 0. The molecule has 3 rings (SSSR count). The summed E-state index contributed by atoms with van der Waals surface area (Å²) in [7, 11) is 1.76. The quantitative estimate of drug-likeness (QED) is 0.848. The molecule has 0 bridgehead atoms. The van der Waals surface area contributed by atoms with E-state index >= 15 is 0 Å². The smallest absolute Gasteiger partial charge is 0.142 e. The van der Waals surface area contributed by atoms with Gasteiger partial charge in [-0.3, -0.25) is 4.90 Å². The first-order chi connectivity index (χ1) is 10.3. The Kier molecular flexibility index (Phi) is 4.69. The maximum atomic E-state index is 5.50. The van der Waals surface area contributed by atoms with Gasteiger partial charge in [0, 0.05) is 32.2 Å². The zero-order valence-corrected chi connectivity index (χ0v) is 13.4. The lowest BCUT2D eigenvalue weighted by atomic mass is 9.84. The van der Waals surface area contributed by atoms with E-state index in [1.54, 1.807) is 7.11 Å². The molecule has 0 N–H and O–H groups in total. The van der Waals surface area contributed by atoms with Gasteiger partial charge in [-0.05, 0) is 30.9 Å². The molecule has 2 aliphatic rings. The zero-order valence-electron chi connectivity index (χ0n) is 13.4. The van der Waals surface area contributed by atoms with Gasteiger partial charge in [-0.25, -0.2) is 0 Å². The lowest BCUT2D eigenvalue weighted by Crippen LogP contribution is -2.52. The van der Waals surface area contributed by atoms with Crippen molar-refractivity contribution in [1.29, 1.82) is 0 Å². The predicted molar refractivity (Wildman–Crippen MR) is 88.2 cm³/mol. The summed E-state index contributed by atoms with van der Waals surface area (Å²) in [5.41, 5.74) is 1.25. The topological polar surface area (TPSA) is 15.7 Å². The number of anilines is 1. The Balaban J connectivity index is 1.62. The Morgan fingerprint density at radius 3 is 2.43 bits per heavy atom. The fourth-order valence-electron chi connectivity index (χ4n) is 4.02. The van der Waals surface area contributed by atoms with Crippen LogP contribution in [0.2, 0.25) is 0 Å². The second-order valence-electron chi connectivity index (χ2n) is 6.52. The third kappa shape index (κ3) is 3.18. The molecular weight excluding hydrogens is 260 g/mol. The predicted octanol–water partition coefficient (Wildman–Crippen LogP) is 3.40. The zero-order chi connectivity index (χ0) is 14.7. The van der Waals surface area contributed by atoms with Crippen LogP contribution in [0.4, 0.5) is 5.69 Å². The van der Waals surface area contributed by atoms with Crippen molar-refractivity contribution < 1.29 is 4.74 Å². The van der Waals surface area contributed by atoms with Crippen LogP contribution in [0.3, 0.4) is 0 Å². The Labute approximate surface area is 128 Å². The van der Waals surface area contributed by atoms with Gasteiger partial charge < -0.3 is 9.64 Å². The van der Waals surface area contributed by atoms with Crippen molar-refractivity contribution in [2.45, 2.75) is 38.6 Å². The first-order valence-electron chi connectivity index (χ1n) is 8.41. The van der Waals surface area contributed by atoms with E-state index in [4.69, 9.17) is 4.74 Å². The maximum Gasteiger partial charge on any atom is 0.142 e. The average molecular weight is 288 g/mol. The van der Waals surface area contributed by atoms with E-state index in [1.165, 1.54) is 44.5 Å². The van der Waals surface area contributed by atoms with E-state index in [0.717, 1.165) is 30.8 Å².